The number of nitrogens with zero attached hydrogens (tertiary/aromatic N) is 2. The molecule has 4 nitrogen and oxygen atoms in total. The highest BCUT2D eigenvalue weighted by atomic mass is 16.5. The van der Waals surface area contributed by atoms with Gasteiger partial charge in [-0.05, 0) is 44.6 Å². The molecule has 0 unspecified atom stereocenters. The van der Waals surface area contributed by atoms with Gasteiger partial charge in [0.25, 0.3) is 0 Å². The number of aromatic nitrogens is 2. The minimum absolute atomic E-state index is 0.340. The first-order valence-electron chi connectivity index (χ1n) is 6.35. The molecule has 0 radical (unpaired) electrons. The van der Waals surface area contributed by atoms with Gasteiger partial charge in [-0.3, -0.25) is 4.68 Å². The zero-order valence-electron chi connectivity index (χ0n) is 10.7. The second-order valence-corrected chi connectivity index (χ2v) is 5.11. The van der Waals surface area contributed by atoms with Crippen LogP contribution in [0.2, 0.25) is 0 Å². The van der Waals surface area contributed by atoms with E-state index < -0.39 is 5.60 Å². The number of methoxy groups -OCH3 is 1. The average molecular weight is 238 g/mol. The van der Waals surface area contributed by atoms with Crippen LogP contribution in [0.15, 0.2) is 12.3 Å². The molecule has 0 amide bonds. The van der Waals surface area contributed by atoms with Crippen molar-refractivity contribution in [3.63, 3.8) is 0 Å². The monoisotopic (exact) mass is 238 g/mol. The zero-order chi connectivity index (χ0) is 12.3. The van der Waals surface area contributed by atoms with Crippen LogP contribution in [0, 0.1) is 0 Å². The molecule has 4 heteroatoms. The van der Waals surface area contributed by atoms with E-state index in [9.17, 15) is 5.11 Å². The summed E-state index contributed by atoms with van der Waals surface area (Å²) in [5.41, 5.74) is 0.687. The normalized spacial score (nSPS) is 29.5. The van der Waals surface area contributed by atoms with Crippen molar-refractivity contribution in [1.82, 2.24) is 9.78 Å². The van der Waals surface area contributed by atoms with E-state index in [1.807, 2.05) is 17.8 Å². The maximum absolute atomic E-state index is 10.5. The Balaban J connectivity index is 1.85. The molecule has 1 N–H and O–H groups in total. The highest BCUT2D eigenvalue weighted by molar-refractivity contribution is 5.01. The molecule has 1 aromatic rings. The Bertz CT molecular complexity index is 354. The summed E-state index contributed by atoms with van der Waals surface area (Å²) in [6, 6.07) is 2.02. The molecule has 1 aliphatic rings. The molecular formula is C13H22N2O2. The highest BCUT2D eigenvalue weighted by Crippen LogP contribution is 2.33. The number of aliphatic hydroxyl groups is 1. The fourth-order valence-corrected chi connectivity index (χ4v) is 2.62. The highest BCUT2D eigenvalue weighted by Gasteiger charge is 2.32. The lowest BCUT2D eigenvalue weighted by Gasteiger charge is -2.35. The van der Waals surface area contributed by atoms with Crippen LogP contribution in [-0.4, -0.2) is 33.7 Å². The van der Waals surface area contributed by atoms with Crippen molar-refractivity contribution < 1.29 is 9.84 Å². The molecular weight excluding hydrogens is 216 g/mol. The third kappa shape index (κ3) is 3.07. The molecule has 1 fully saturated rings. The van der Waals surface area contributed by atoms with Crippen molar-refractivity contribution in [2.45, 2.75) is 50.2 Å². The standard InChI is InChI=1S/C13H22N2O2/c1-15-11(6-10-14-15)3-7-13(16)8-4-12(17-2)5-9-13/h6,10,12,16H,3-5,7-9H2,1-2H3. The lowest BCUT2D eigenvalue weighted by molar-refractivity contribution is -0.0480. The molecule has 2 rings (SSSR count). The SMILES string of the molecule is COC1CCC(O)(CCc2ccnn2C)CC1. The van der Waals surface area contributed by atoms with E-state index in [2.05, 4.69) is 5.10 Å². The van der Waals surface area contributed by atoms with Crippen molar-refractivity contribution in [3.8, 4) is 0 Å². The summed E-state index contributed by atoms with van der Waals surface area (Å²) in [6.07, 6.45) is 7.50. The van der Waals surface area contributed by atoms with Gasteiger partial charge in [-0.1, -0.05) is 0 Å². The molecule has 0 saturated heterocycles. The van der Waals surface area contributed by atoms with Gasteiger partial charge in [0.1, 0.15) is 0 Å². The average Bonchev–Trinajstić information content (AvgIpc) is 2.74. The van der Waals surface area contributed by atoms with Gasteiger partial charge in [-0.25, -0.2) is 0 Å². The Kier molecular flexibility index (Phi) is 3.84. The second kappa shape index (κ2) is 5.19. The van der Waals surface area contributed by atoms with E-state index in [4.69, 9.17) is 4.74 Å². The molecule has 0 aromatic carbocycles. The van der Waals surface area contributed by atoms with Crippen LogP contribution in [0.3, 0.4) is 0 Å². The molecule has 0 atom stereocenters. The van der Waals surface area contributed by atoms with Crippen LogP contribution >= 0.6 is 0 Å². The van der Waals surface area contributed by atoms with E-state index in [0.717, 1.165) is 38.5 Å². The predicted octanol–water partition coefficient (Wildman–Crippen LogP) is 1.67. The molecule has 1 aliphatic carbocycles. The Morgan fingerprint density at radius 1 is 1.53 bits per heavy atom. The van der Waals surface area contributed by atoms with Crippen molar-refractivity contribution in [2.24, 2.45) is 7.05 Å². The quantitative estimate of drug-likeness (QED) is 0.868. The maximum Gasteiger partial charge on any atom is 0.0653 e. The van der Waals surface area contributed by atoms with Gasteiger partial charge in [0, 0.05) is 26.0 Å². The Morgan fingerprint density at radius 2 is 2.24 bits per heavy atom. The van der Waals surface area contributed by atoms with Crippen molar-refractivity contribution >= 4 is 0 Å². The van der Waals surface area contributed by atoms with Gasteiger partial charge in [-0.2, -0.15) is 5.10 Å². The largest absolute Gasteiger partial charge is 0.390 e. The van der Waals surface area contributed by atoms with E-state index in [1.165, 1.54) is 5.69 Å². The number of hydrogen-bond acceptors (Lipinski definition) is 3. The summed E-state index contributed by atoms with van der Waals surface area (Å²) in [5, 5.41) is 14.6. The molecule has 0 bridgehead atoms. The fraction of sp³-hybridized carbons (Fsp3) is 0.769. The van der Waals surface area contributed by atoms with Gasteiger partial charge in [0.15, 0.2) is 0 Å². The minimum atomic E-state index is -0.501. The van der Waals surface area contributed by atoms with Crippen LogP contribution in [0.25, 0.3) is 0 Å². The van der Waals surface area contributed by atoms with E-state index in [-0.39, 0.29) is 0 Å². The van der Waals surface area contributed by atoms with Crippen LogP contribution < -0.4 is 0 Å². The van der Waals surface area contributed by atoms with Crippen molar-refractivity contribution in [2.75, 3.05) is 7.11 Å². The first-order valence-corrected chi connectivity index (χ1v) is 6.35. The van der Waals surface area contributed by atoms with Gasteiger partial charge >= 0.3 is 0 Å². The topological polar surface area (TPSA) is 47.3 Å². The van der Waals surface area contributed by atoms with Gasteiger partial charge < -0.3 is 9.84 Å². The molecule has 17 heavy (non-hydrogen) atoms. The van der Waals surface area contributed by atoms with E-state index >= 15 is 0 Å². The number of aryl methyl sites for hydroxylation is 2. The van der Waals surface area contributed by atoms with E-state index in [0.29, 0.717) is 6.10 Å². The van der Waals surface area contributed by atoms with Crippen LogP contribution in [0.5, 0.6) is 0 Å². The summed E-state index contributed by atoms with van der Waals surface area (Å²) in [5.74, 6) is 0. The summed E-state index contributed by atoms with van der Waals surface area (Å²) in [4.78, 5) is 0. The third-order valence-electron chi connectivity index (χ3n) is 3.97. The zero-order valence-corrected chi connectivity index (χ0v) is 10.7. The Labute approximate surface area is 103 Å². The first-order chi connectivity index (χ1) is 8.13. The second-order valence-electron chi connectivity index (χ2n) is 5.11. The molecule has 1 heterocycles. The van der Waals surface area contributed by atoms with Gasteiger partial charge in [0.05, 0.1) is 11.7 Å². The van der Waals surface area contributed by atoms with E-state index in [1.54, 1.807) is 13.3 Å². The summed E-state index contributed by atoms with van der Waals surface area (Å²) < 4.78 is 7.21. The first kappa shape index (κ1) is 12.6. The predicted molar refractivity (Wildman–Crippen MR) is 65.7 cm³/mol. The summed E-state index contributed by atoms with van der Waals surface area (Å²) >= 11 is 0. The summed E-state index contributed by atoms with van der Waals surface area (Å²) in [6.45, 7) is 0. The van der Waals surface area contributed by atoms with Crippen LogP contribution in [0.4, 0.5) is 0 Å². The van der Waals surface area contributed by atoms with Crippen molar-refractivity contribution in [1.29, 1.82) is 0 Å². The number of rotatable bonds is 4. The number of ether oxygens (including phenoxy) is 1. The number of hydrogen-bond donors (Lipinski definition) is 1. The van der Waals surface area contributed by atoms with Gasteiger partial charge in [-0.15, -0.1) is 0 Å². The van der Waals surface area contributed by atoms with Crippen LogP contribution in [-0.2, 0) is 18.2 Å². The minimum Gasteiger partial charge on any atom is -0.390 e. The lowest BCUT2D eigenvalue weighted by Crippen LogP contribution is -2.36. The fourth-order valence-electron chi connectivity index (χ4n) is 2.62. The smallest absolute Gasteiger partial charge is 0.0653 e. The molecule has 1 saturated carbocycles. The third-order valence-corrected chi connectivity index (χ3v) is 3.97. The Morgan fingerprint density at radius 3 is 2.76 bits per heavy atom. The Hall–Kier alpha value is -0.870. The molecule has 1 aromatic heterocycles. The summed E-state index contributed by atoms with van der Waals surface area (Å²) in [7, 11) is 3.70. The molecule has 96 valence electrons. The van der Waals surface area contributed by atoms with Gasteiger partial charge in [0.2, 0.25) is 0 Å². The molecule has 0 spiro atoms. The lowest BCUT2D eigenvalue weighted by atomic mass is 9.80. The molecule has 0 aliphatic heterocycles. The maximum atomic E-state index is 10.5. The van der Waals surface area contributed by atoms with Crippen LogP contribution in [0.1, 0.15) is 37.8 Å². The van der Waals surface area contributed by atoms with Crippen molar-refractivity contribution in [3.05, 3.63) is 18.0 Å².